The molecule has 4 aromatic rings. The van der Waals surface area contributed by atoms with Crippen molar-refractivity contribution in [2.75, 3.05) is 45.3 Å². The van der Waals surface area contributed by atoms with Crippen LogP contribution in [0.4, 0.5) is 10.1 Å². The van der Waals surface area contributed by atoms with Gasteiger partial charge in [0.15, 0.2) is 17.3 Å². The summed E-state index contributed by atoms with van der Waals surface area (Å²) in [5.41, 5.74) is 2.00. The van der Waals surface area contributed by atoms with Gasteiger partial charge in [0.05, 0.1) is 26.5 Å². The number of furan rings is 1. The minimum atomic E-state index is -0.232. The summed E-state index contributed by atoms with van der Waals surface area (Å²) in [6.07, 6.45) is 1.64. The standard InChI is InChI=1S/C25H27FN6O3/c1-33-22-10-5-18(16-23(22)34-2)24(25-27-28-29-32(25)17-21-4-3-15-35-21)31-13-11-30(12-14-31)20-8-6-19(26)7-9-20/h3-10,15-16,24H,11-14,17H2,1-2H3/t24-/m0/s1. The molecule has 1 aliphatic rings. The molecule has 0 saturated carbocycles. The Labute approximate surface area is 202 Å². The highest BCUT2D eigenvalue weighted by atomic mass is 19.1. The number of hydrogen-bond donors (Lipinski definition) is 0. The maximum atomic E-state index is 13.4. The van der Waals surface area contributed by atoms with E-state index >= 15 is 0 Å². The number of halogens is 1. The van der Waals surface area contributed by atoms with E-state index in [1.165, 1.54) is 12.1 Å². The summed E-state index contributed by atoms with van der Waals surface area (Å²) in [5, 5.41) is 12.7. The van der Waals surface area contributed by atoms with E-state index in [1.807, 2.05) is 42.5 Å². The average molecular weight is 479 g/mol. The van der Waals surface area contributed by atoms with Crippen LogP contribution in [0.25, 0.3) is 0 Å². The first-order chi connectivity index (χ1) is 17.2. The number of aromatic nitrogens is 4. The molecule has 1 aliphatic heterocycles. The lowest BCUT2D eigenvalue weighted by Gasteiger charge is -2.40. The number of hydrogen-bond acceptors (Lipinski definition) is 8. The summed E-state index contributed by atoms with van der Waals surface area (Å²) in [4.78, 5) is 4.61. The van der Waals surface area contributed by atoms with Crippen molar-refractivity contribution in [2.45, 2.75) is 12.6 Å². The monoisotopic (exact) mass is 478 g/mol. The zero-order chi connectivity index (χ0) is 24.2. The van der Waals surface area contributed by atoms with Crippen LogP contribution in [0.3, 0.4) is 0 Å². The summed E-state index contributed by atoms with van der Waals surface area (Å²) >= 11 is 0. The predicted molar refractivity (Wildman–Crippen MR) is 127 cm³/mol. The molecule has 0 N–H and O–H groups in total. The van der Waals surface area contributed by atoms with E-state index in [0.29, 0.717) is 23.9 Å². The molecule has 2 aromatic heterocycles. The third-order valence-electron chi connectivity index (χ3n) is 6.28. The summed E-state index contributed by atoms with van der Waals surface area (Å²) in [7, 11) is 3.24. The third kappa shape index (κ3) is 4.83. The van der Waals surface area contributed by atoms with E-state index < -0.39 is 0 Å². The number of methoxy groups -OCH3 is 2. The van der Waals surface area contributed by atoms with Crippen molar-refractivity contribution in [2.24, 2.45) is 0 Å². The highest BCUT2D eigenvalue weighted by Gasteiger charge is 2.31. The molecule has 182 valence electrons. The molecule has 0 unspecified atom stereocenters. The number of ether oxygens (including phenoxy) is 2. The Kier molecular flexibility index (Phi) is 6.62. The lowest BCUT2D eigenvalue weighted by atomic mass is 10.0. The van der Waals surface area contributed by atoms with Crippen LogP contribution in [0.15, 0.2) is 65.3 Å². The molecule has 10 heteroatoms. The van der Waals surface area contributed by atoms with Crippen LogP contribution >= 0.6 is 0 Å². The Hall–Kier alpha value is -3.92. The first-order valence-electron chi connectivity index (χ1n) is 11.4. The largest absolute Gasteiger partial charge is 0.493 e. The molecule has 0 amide bonds. The van der Waals surface area contributed by atoms with Gasteiger partial charge in [-0.1, -0.05) is 6.07 Å². The number of nitrogens with zero attached hydrogens (tertiary/aromatic N) is 6. The Morgan fingerprint density at radius 3 is 2.43 bits per heavy atom. The number of benzene rings is 2. The van der Waals surface area contributed by atoms with Crippen LogP contribution in [-0.2, 0) is 6.54 Å². The second kappa shape index (κ2) is 10.1. The Morgan fingerprint density at radius 2 is 1.74 bits per heavy atom. The van der Waals surface area contributed by atoms with Gasteiger partial charge < -0.3 is 18.8 Å². The van der Waals surface area contributed by atoms with Gasteiger partial charge in [-0.25, -0.2) is 9.07 Å². The second-order valence-electron chi connectivity index (χ2n) is 8.29. The highest BCUT2D eigenvalue weighted by Crippen LogP contribution is 2.35. The van der Waals surface area contributed by atoms with Gasteiger partial charge in [-0.05, 0) is 64.5 Å². The summed E-state index contributed by atoms with van der Waals surface area (Å²) < 4.78 is 31.7. The van der Waals surface area contributed by atoms with Crippen molar-refractivity contribution < 1.29 is 18.3 Å². The van der Waals surface area contributed by atoms with Crippen molar-refractivity contribution in [1.82, 2.24) is 25.1 Å². The molecule has 5 rings (SSSR count). The fraction of sp³-hybridized carbons (Fsp3) is 0.320. The van der Waals surface area contributed by atoms with Crippen LogP contribution in [-0.4, -0.2) is 65.5 Å². The summed E-state index contributed by atoms with van der Waals surface area (Å²) in [6.45, 7) is 3.53. The highest BCUT2D eigenvalue weighted by molar-refractivity contribution is 5.47. The zero-order valence-corrected chi connectivity index (χ0v) is 19.7. The van der Waals surface area contributed by atoms with E-state index in [-0.39, 0.29) is 11.9 Å². The molecule has 35 heavy (non-hydrogen) atoms. The van der Waals surface area contributed by atoms with Gasteiger partial charge in [0.2, 0.25) is 0 Å². The van der Waals surface area contributed by atoms with E-state index in [9.17, 15) is 4.39 Å². The molecular formula is C25H27FN6O3. The number of tetrazole rings is 1. The van der Waals surface area contributed by atoms with Crippen molar-refractivity contribution in [3.8, 4) is 11.5 Å². The van der Waals surface area contributed by atoms with Gasteiger partial charge in [0, 0.05) is 31.9 Å². The number of piperazine rings is 1. The van der Waals surface area contributed by atoms with Crippen molar-refractivity contribution in [3.05, 3.63) is 83.8 Å². The van der Waals surface area contributed by atoms with E-state index in [2.05, 4.69) is 25.3 Å². The Morgan fingerprint density at radius 1 is 0.971 bits per heavy atom. The normalized spacial score (nSPS) is 15.2. The Bertz CT molecular complexity index is 1240. The molecule has 3 heterocycles. The van der Waals surface area contributed by atoms with Gasteiger partial charge in [-0.3, -0.25) is 4.90 Å². The SMILES string of the molecule is COc1ccc([C@@H](c2nnnn2Cc2ccco2)N2CCN(c3ccc(F)cc3)CC2)cc1OC. The lowest BCUT2D eigenvalue weighted by molar-refractivity contribution is 0.200. The minimum absolute atomic E-state index is 0.213. The fourth-order valence-electron chi connectivity index (χ4n) is 4.51. The van der Waals surface area contributed by atoms with E-state index in [1.54, 1.807) is 25.2 Å². The van der Waals surface area contributed by atoms with Crippen molar-refractivity contribution in [1.29, 1.82) is 0 Å². The molecule has 0 aliphatic carbocycles. The summed E-state index contributed by atoms with van der Waals surface area (Å²) in [5.74, 6) is 2.55. The number of anilines is 1. The van der Waals surface area contributed by atoms with Gasteiger partial charge in [0.1, 0.15) is 18.1 Å². The zero-order valence-electron chi connectivity index (χ0n) is 19.7. The van der Waals surface area contributed by atoms with Crippen molar-refractivity contribution in [3.63, 3.8) is 0 Å². The summed E-state index contributed by atoms with van der Waals surface area (Å²) in [6, 6.07) is 16.1. The molecule has 9 nitrogen and oxygen atoms in total. The molecule has 0 bridgehead atoms. The van der Waals surface area contributed by atoms with Gasteiger partial charge >= 0.3 is 0 Å². The minimum Gasteiger partial charge on any atom is -0.493 e. The topological polar surface area (TPSA) is 81.7 Å². The molecule has 1 atom stereocenters. The third-order valence-corrected chi connectivity index (χ3v) is 6.28. The number of rotatable bonds is 8. The lowest BCUT2D eigenvalue weighted by Crippen LogP contribution is -2.48. The van der Waals surface area contributed by atoms with Crippen LogP contribution in [0.1, 0.15) is 23.2 Å². The van der Waals surface area contributed by atoms with Crippen LogP contribution in [0.2, 0.25) is 0 Å². The van der Waals surface area contributed by atoms with E-state index in [4.69, 9.17) is 13.9 Å². The van der Waals surface area contributed by atoms with Crippen LogP contribution in [0, 0.1) is 5.82 Å². The molecule has 0 radical (unpaired) electrons. The Balaban J connectivity index is 1.46. The quantitative estimate of drug-likeness (QED) is 0.381. The fourth-order valence-corrected chi connectivity index (χ4v) is 4.51. The molecule has 2 aromatic carbocycles. The van der Waals surface area contributed by atoms with Gasteiger partial charge in [0.25, 0.3) is 0 Å². The average Bonchev–Trinajstić information content (AvgIpc) is 3.58. The van der Waals surface area contributed by atoms with Crippen LogP contribution in [0.5, 0.6) is 11.5 Å². The second-order valence-corrected chi connectivity index (χ2v) is 8.29. The molecule has 0 spiro atoms. The van der Waals surface area contributed by atoms with Crippen LogP contribution < -0.4 is 14.4 Å². The first kappa shape index (κ1) is 22.9. The maximum Gasteiger partial charge on any atom is 0.173 e. The maximum absolute atomic E-state index is 13.4. The van der Waals surface area contributed by atoms with Crippen molar-refractivity contribution >= 4 is 5.69 Å². The molecule has 1 fully saturated rings. The van der Waals surface area contributed by atoms with E-state index in [0.717, 1.165) is 43.2 Å². The van der Waals surface area contributed by atoms with Gasteiger partial charge in [-0.2, -0.15) is 0 Å². The smallest absolute Gasteiger partial charge is 0.173 e. The van der Waals surface area contributed by atoms with Gasteiger partial charge in [-0.15, -0.1) is 5.10 Å². The molecule has 1 saturated heterocycles. The molecular weight excluding hydrogens is 451 g/mol. The predicted octanol–water partition coefficient (Wildman–Crippen LogP) is 3.38. The first-order valence-corrected chi connectivity index (χ1v) is 11.4.